The van der Waals surface area contributed by atoms with Crippen molar-refractivity contribution in [2.24, 2.45) is 0 Å². The number of carboxylic acids is 1. The highest BCUT2D eigenvalue weighted by atomic mass is 16.5. The number of hydrogen-bond donors (Lipinski definition) is 1. The van der Waals surface area contributed by atoms with Crippen LogP contribution in [0.3, 0.4) is 0 Å². The van der Waals surface area contributed by atoms with E-state index in [9.17, 15) is 9.59 Å². The lowest BCUT2D eigenvalue weighted by molar-refractivity contribution is -0.131. The van der Waals surface area contributed by atoms with Gasteiger partial charge >= 0.3 is 11.6 Å². The Hall–Kier alpha value is -2.30. The number of ether oxygens (including phenoxy) is 1. The largest absolute Gasteiger partial charge is 0.496 e. The van der Waals surface area contributed by atoms with E-state index >= 15 is 0 Å². The third-order valence-electron chi connectivity index (χ3n) is 2.02. The predicted octanol–water partition coefficient (Wildman–Crippen LogP) is 1.61. The van der Waals surface area contributed by atoms with E-state index in [-0.39, 0.29) is 0 Å². The second-order valence-corrected chi connectivity index (χ2v) is 3.18. The summed E-state index contributed by atoms with van der Waals surface area (Å²) in [5, 5.41) is 8.38. The van der Waals surface area contributed by atoms with Gasteiger partial charge < -0.3 is 14.3 Å². The molecule has 1 aromatic rings. The van der Waals surface area contributed by atoms with Crippen LogP contribution >= 0.6 is 0 Å². The zero-order valence-corrected chi connectivity index (χ0v) is 9.47. The number of rotatable bonds is 4. The Kier molecular flexibility index (Phi) is 4.28. The van der Waals surface area contributed by atoms with E-state index in [1.54, 1.807) is 6.92 Å². The SMILES string of the molecule is COc1cc(=O)oc(/C=C/C=C/C(=O)O)c1C. The molecule has 0 fully saturated rings. The first-order chi connectivity index (χ1) is 8.04. The summed E-state index contributed by atoms with van der Waals surface area (Å²) >= 11 is 0. The van der Waals surface area contributed by atoms with Gasteiger partial charge in [0.15, 0.2) is 0 Å². The first kappa shape index (κ1) is 12.8. The summed E-state index contributed by atoms with van der Waals surface area (Å²) in [5.41, 5.74) is 0.154. The van der Waals surface area contributed by atoms with E-state index in [1.807, 2.05) is 0 Å². The summed E-state index contributed by atoms with van der Waals surface area (Å²) in [5.74, 6) is -0.272. The van der Waals surface area contributed by atoms with Crippen LogP contribution in [0.5, 0.6) is 5.75 Å². The van der Waals surface area contributed by atoms with E-state index in [1.165, 1.54) is 31.4 Å². The molecule has 0 aromatic carbocycles. The molecule has 0 radical (unpaired) electrons. The van der Waals surface area contributed by atoms with E-state index < -0.39 is 11.6 Å². The molecule has 0 spiro atoms. The minimum absolute atomic E-state index is 0.337. The van der Waals surface area contributed by atoms with Gasteiger partial charge in [0.1, 0.15) is 11.5 Å². The smallest absolute Gasteiger partial charge is 0.339 e. The minimum Gasteiger partial charge on any atom is -0.496 e. The molecule has 0 bridgehead atoms. The lowest BCUT2D eigenvalue weighted by Crippen LogP contribution is -2.02. The molecule has 1 rings (SSSR count). The number of aliphatic carboxylic acids is 1. The van der Waals surface area contributed by atoms with E-state index in [4.69, 9.17) is 14.3 Å². The van der Waals surface area contributed by atoms with Crippen LogP contribution in [0.1, 0.15) is 11.3 Å². The summed E-state index contributed by atoms with van der Waals surface area (Å²) in [6.45, 7) is 1.74. The molecule has 0 aliphatic heterocycles. The zero-order valence-electron chi connectivity index (χ0n) is 9.47. The maximum atomic E-state index is 11.2. The molecule has 5 heteroatoms. The lowest BCUT2D eigenvalue weighted by Gasteiger charge is -2.04. The van der Waals surface area contributed by atoms with Gasteiger partial charge in [-0.05, 0) is 13.0 Å². The summed E-state index contributed by atoms with van der Waals surface area (Å²) in [7, 11) is 1.46. The maximum Gasteiger partial charge on any atom is 0.339 e. The van der Waals surface area contributed by atoms with Crippen LogP contribution in [0.4, 0.5) is 0 Å². The molecule has 0 saturated heterocycles. The first-order valence-electron chi connectivity index (χ1n) is 4.81. The maximum absolute atomic E-state index is 11.2. The molecular weight excluding hydrogens is 224 g/mol. The Bertz CT molecular complexity index is 522. The van der Waals surface area contributed by atoms with E-state index in [0.29, 0.717) is 17.1 Å². The first-order valence-corrected chi connectivity index (χ1v) is 4.81. The molecule has 5 nitrogen and oxygen atoms in total. The van der Waals surface area contributed by atoms with Crippen molar-refractivity contribution >= 4 is 12.0 Å². The van der Waals surface area contributed by atoms with Crippen molar-refractivity contribution in [3.8, 4) is 5.75 Å². The zero-order chi connectivity index (χ0) is 12.8. The normalized spacial score (nSPS) is 11.2. The van der Waals surface area contributed by atoms with Gasteiger partial charge in [0, 0.05) is 11.6 Å². The van der Waals surface area contributed by atoms with Crippen molar-refractivity contribution in [3.63, 3.8) is 0 Å². The molecule has 1 heterocycles. The second kappa shape index (κ2) is 5.69. The summed E-state index contributed by atoms with van der Waals surface area (Å²) < 4.78 is 9.96. The third kappa shape index (κ3) is 3.64. The van der Waals surface area contributed by atoms with Crippen molar-refractivity contribution in [2.75, 3.05) is 7.11 Å². The monoisotopic (exact) mass is 236 g/mol. The molecular formula is C12H12O5. The molecule has 90 valence electrons. The van der Waals surface area contributed by atoms with Gasteiger partial charge in [-0.3, -0.25) is 0 Å². The van der Waals surface area contributed by atoms with Gasteiger partial charge in [-0.25, -0.2) is 9.59 Å². The van der Waals surface area contributed by atoms with E-state index in [2.05, 4.69) is 0 Å². The molecule has 0 saturated carbocycles. The van der Waals surface area contributed by atoms with Crippen LogP contribution in [0, 0.1) is 6.92 Å². The molecule has 0 unspecified atom stereocenters. The topological polar surface area (TPSA) is 76.7 Å². The van der Waals surface area contributed by atoms with Gasteiger partial charge in [-0.1, -0.05) is 12.2 Å². The van der Waals surface area contributed by atoms with Gasteiger partial charge in [-0.2, -0.15) is 0 Å². The van der Waals surface area contributed by atoms with Crippen molar-refractivity contribution in [1.82, 2.24) is 0 Å². The fourth-order valence-electron chi connectivity index (χ4n) is 1.20. The van der Waals surface area contributed by atoms with E-state index in [0.717, 1.165) is 6.08 Å². The Labute approximate surface area is 97.6 Å². The van der Waals surface area contributed by atoms with Gasteiger partial charge in [0.2, 0.25) is 0 Å². The number of hydrogen-bond acceptors (Lipinski definition) is 4. The number of carboxylic acid groups (broad SMARTS) is 1. The number of carbonyl (C=O) groups is 1. The summed E-state index contributed by atoms with van der Waals surface area (Å²) in [6, 6.07) is 1.25. The lowest BCUT2D eigenvalue weighted by atomic mass is 10.2. The van der Waals surface area contributed by atoms with Crippen LogP contribution in [-0.4, -0.2) is 18.2 Å². The average molecular weight is 236 g/mol. The fourth-order valence-corrected chi connectivity index (χ4v) is 1.20. The minimum atomic E-state index is -1.04. The van der Waals surface area contributed by atoms with Crippen LogP contribution < -0.4 is 10.4 Å². The van der Waals surface area contributed by atoms with Gasteiger partial charge in [0.05, 0.1) is 13.2 Å². The van der Waals surface area contributed by atoms with Crippen LogP contribution in [0.25, 0.3) is 6.08 Å². The highest BCUT2D eigenvalue weighted by Crippen LogP contribution is 2.19. The number of methoxy groups -OCH3 is 1. The Morgan fingerprint density at radius 3 is 2.76 bits per heavy atom. The van der Waals surface area contributed by atoms with Crippen molar-refractivity contribution < 1.29 is 19.1 Å². The van der Waals surface area contributed by atoms with Crippen molar-refractivity contribution in [1.29, 1.82) is 0 Å². The molecule has 0 atom stereocenters. The van der Waals surface area contributed by atoms with Crippen LogP contribution in [0.15, 0.2) is 33.5 Å². The second-order valence-electron chi connectivity index (χ2n) is 3.18. The third-order valence-corrected chi connectivity index (χ3v) is 2.02. The van der Waals surface area contributed by atoms with Gasteiger partial charge in [-0.15, -0.1) is 0 Å². The Balaban J connectivity index is 3.02. The molecule has 0 aliphatic rings. The van der Waals surface area contributed by atoms with Gasteiger partial charge in [0.25, 0.3) is 0 Å². The quantitative estimate of drug-likeness (QED) is 0.634. The Morgan fingerprint density at radius 2 is 2.18 bits per heavy atom. The molecule has 1 N–H and O–H groups in total. The highest BCUT2D eigenvalue weighted by Gasteiger charge is 2.06. The molecule has 0 aliphatic carbocycles. The molecule has 0 amide bonds. The summed E-state index contributed by atoms with van der Waals surface area (Å²) in [4.78, 5) is 21.4. The predicted molar refractivity (Wildman–Crippen MR) is 62.1 cm³/mol. The summed E-state index contributed by atoms with van der Waals surface area (Å²) in [6.07, 6.45) is 5.28. The fraction of sp³-hybridized carbons (Fsp3) is 0.167. The average Bonchev–Trinajstić information content (AvgIpc) is 2.28. The van der Waals surface area contributed by atoms with Crippen LogP contribution in [-0.2, 0) is 4.79 Å². The Morgan fingerprint density at radius 1 is 1.47 bits per heavy atom. The highest BCUT2D eigenvalue weighted by molar-refractivity contribution is 5.80. The molecule has 1 aromatic heterocycles. The van der Waals surface area contributed by atoms with Crippen molar-refractivity contribution in [3.05, 3.63) is 46.0 Å². The van der Waals surface area contributed by atoms with Crippen LogP contribution in [0.2, 0.25) is 0 Å². The van der Waals surface area contributed by atoms with Crippen molar-refractivity contribution in [2.45, 2.75) is 6.92 Å². The standard InChI is InChI=1S/C12H12O5/c1-8-9(5-3-4-6-11(13)14)17-12(15)7-10(8)16-2/h3-7H,1-2H3,(H,13,14)/b5-3+,6-4+. The molecule has 17 heavy (non-hydrogen) atoms. The number of allylic oxidation sites excluding steroid dienone is 2.